The molecule has 0 bridgehead atoms. The maximum absolute atomic E-state index is 13.1. The van der Waals surface area contributed by atoms with Gasteiger partial charge in [-0.3, -0.25) is 13.9 Å². The third kappa shape index (κ3) is 5.26. The van der Waals surface area contributed by atoms with Crippen LogP contribution in [0.5, 0.6) is 0 Å². The van der Waals surface area contributed by atoms with Crippen molar-refractivity contribution in [2.24, 2.45) is 0 Å². The lowest BCUT2D eigenvalue weighted by Crippen LogP contribution is -2.53. The summed E-state index contributed by atoms with van der Waals surface area (Å²) in [5, 5.41) is 20.9. The van der Waals surface area contributed by atoms with E-state index in [1.54, 1.807) is 6.92 Å². The molecule has 0 spiro atoms. The van der Waals surface area contributed by atoms with Gasteiger partial charge in [-0.15, -0.1) is 0 Å². The highest BCUT2D eigenvalue weighted by Crippen LogP contribution is 2.42. The van der Waals surface area contributed by atoms with E-state index < -0.39 is 29.7 Å². The first-order valence-electron chi connectivity index (χ1n) is 12.1. The van der Waals surface area contributed by atoms with Gasteiger partial charge in [-0.1, -0.05) is 0 Å². The molecule has 1 aromatic heterocycles. The molecule has 3 aliphatic rings. The molecule has 4 rings (SSSR count). The summed E-state index contributed by atoms with van der Waals surface area (Å²) in [7, 11) is 0. The molecule has 33 heavy (non-hydrogen) atoms. The van der Waals surface area contributed by atoms with Gasteiger partial charge in [-0.25, -0.2) is 4.79 Å². The van der Waals surface area contributed by atoms with Crippen LogP contribution in [0, 0.1) is 6.92 Å². The highest BCUT2D eigenvalue weighted by molar-refractivity contribution is 5.07. The molecule has 0 amide bonds. The minimum Gasteiger partial charge on any atom is -0.396 e. The Labute approximate surface area is 193 Å². The van der Waals surface area contributed by atoms with Crippen molar-refractivity contribution < 1.29 is 29.2 Å². The third-order valence-corrected chi connectivity index (χ3v) is 6.91. The standard InChI is InChI=1S/C23H36N2O8/c1-16-14-25(22(28)24(21(16)27)9-6-10-26)19-13-23(29,17-7-2-4-11-30-17)18(33-19)15-32-20-8-3-5-12-31-20/h14,17-20,26,29H,2-13,15H2,1H3/t17?,18-,19-,20?,23-/m1/s1. The molecule has 2 N–H and O–H groups in total. The Bertz CT molecular complexity index is 903. The highest BCUT2D eigenvalue weighted by Gasteiger charge is 2.54. The molecule has 10 heteroatoms. The van der Waals surface area contributed by atoms with E-state index in [1.807, 2.05) is 0 Å². The van der Waals surface area contributed by atoms with Gasteiger partial charge in [0, 0.05) is 44.5 Å². The summed E-state index contributed by atoms with van der Waals surface area (Å²) in [4.78, 5) is 25.6. The van der Waals surface area contributed by atoms with Gasteiger partial charge in [0.2, 0.25) is 0 Å². The largest absolute Gasteiger partial charge is 0.396 e. The van der Waals surface area contributed by atoms with Crippen molar-refractivity contribution in [2.45, 2.75) is 95.2 Å². The molecule has 10 nitrogen and oxygen atoms in total. The van der Waals surface area contributed by atoms with Gasteiger partial charge in [0.15, 0.2) is 6.29 Å². The topological polar surface area (TPSA) is 121 Å². The van der Waals surface area contributed by atoms with E-state index in [4.69, 9.17) is 24.1 Å². The minimum absolute atomic E-state index is 0.115. The molecule has 5 atom stereocenters. The molecular weight excluding hydrogens is 432 g/mol. The van der Waals surface area contributed by atoms with E-state index >= 15 is 0 Å². The van der Waals surface area contributed by atoms with E-state index in [-0.39, 0.29) is 38.0 Å². The van der Waals surface area contributed by atoms with Gasteiger partial charge in [-0.2, -0.15) is 0 Å². The van der Waals surface area contributed by atoms with Gasteiger partial charge in [-0.05, 0) is 51.9 Å². The minimum atomic E-state index is -1.33. The first-order valence-corrected chi connectivity index (χ1v) is 12.1. The summed E-state index contributed by atoms with van der Waals surface area (Å²) in [5.74, 6) is 0. The molecule has 0 aromatic carbocycles. The van der Waals surface area contributed by atoms with Crippen LogP contribution in [0.1, 0.15) is 63.2 Å². The van der Waals surface area contributed by atoms with E-state index in [2.05, 4.69) is 0 Å². The fourth-order valence-electron chi connectivity index (χ4n) is 5.02. The van der Waals surface area contributed by atoms with Crippen LogP contribution in [-0.4, -0.2) is 69.9 Å². The fraction of sp³-hybridized carbons (Fsp3) is 0.826. The van der Waals surface area contributed by atoms with Crippen molar-refractivity contribution in [3.63, 3.8) is 0 Å². The monoisotopic (exact) mass is 468 g/mol. The van der Waals surface area contributed by atoms with Gasteiger partial charge in [0.1, 0.15) is 17.9 Å². The number of aromatic nitrogens is 2. The van der Waals surface area contributed by atoms with Gasteiger partial charge in [0.25, 0.3) is 5.56 Å². The second-order valence-electron chi connectivity index (χ2n) is 9.30. The number of nitrogens with zero attached hydrogens (tertiary/aromatic N) is 2. The zero-order chi connectivity index (χ0) is 23.4. The number of aryl methyl sites for hydroxylation is 1. The maximum atomic E-state index is 13.1. The van der Waals surface area contributed by atoms with Crippen molar-refractivity contribution in [3.8, 4) is 0 Å². The zero-order valence-corrected chi connectivity index (χ0v) is 19.3. The Balaban J connectivity index is 1.59. The van der Waals surface area contributed by atoms with Crippen molar-refractivity contribution in [1.29, 1.82) is 0 Å². The lowest BCUT2D eigenvalue weighted by Gasteiger charge is -2.38. The second kappa shape index (κ2) is 10.8. The summed E-state index contributed by atoms with van der Waals surface area (Å²) in [6, 6.07) is 0. The lowest BCUT2D eigenvalue weighted by molar-refractivity contribution is -0.210. The van der Waals surface area contributed by atoms with Crippen LogP contribution in [-0.2, 0) is 25.5 Å². The third-order valence-electron chi connectivity index (χ3n) is 6.91. The molecule has 0 aliphatic carbocycles. The zero-order valence-electron chi connectivity index (χ0n) is 19.3. The Morgan fingerprint density at radius 3 is 2.58 bits per heavy atom. The number of rotatable bonds is 8. The van der Waals surface area contributed by atoms with Crippen molar-refractivity contribution in [2.75, 3.05) is 26.4 Å². The van der Waals surface area contributed by atoms with Crippen LogP contribution >= 0.6 is 0 Å². The summed E-state index contributed by atoms with van der Waals surface area (Å²) in [5.41, 5.74) is -1.85. The first kappa shape index (κ1) is 24.6. The van der Waals surface area contributed by atoms with Crippen LogP contribution in [0.25, 0.3) is 0 Å². The molecule has 1 aromatic rings. The number of hydrogen-bond donors (Lipinski definition) is 2. The molecule has 186 valence electrons. The van der Waals surface area contributed by atoms with E-state index in [9.17, 15) is 14.7 Å². The van der Waals surface area contributed by atoms with Gasteiger partial charge < -0.3 is 29.2 Å². The molecule has 3 fully saturated rings. The Kier molecular flexibility index (Phi) is 8.03. The molecule has 3 saturated heterocycles. The number of hydrogen-bond acceptors (Lipinski definition) is 8. The molecule has 0 radical (unpaired) electrons. The predicted molar refractivity (Wildman–Crippen MR) is 118 cm³/mol. The summed E-state index contributed by atoms with van der Waals surface area (Å²) in [6.07, 6.45) is 5.12. The molecule has 4 heterocycles. The summed E-state index contributed by atoms with van der Waals surface area (Å²) in [6.45, 7) is 2.97. The number of aliphatic hydroxyl groups is 2. The maximum Gasteiger partial charge on any atom is 0.333 e. The summed E-state index contributed by atoms with van der Waals surface area (Å²) >= 11 is 0. The predicted octanol–water partition coefficient (Wildman–Crippen LogP) is 0.832. The molecular formula is C23H36N2O8. The van der Waals surface area contributed by atoms with Crippen molar-refractivity contribution >= 4 is 0 Å². The van der Waals surface area contributed by atoms with Crippen LogP contribution < -0.4 is 11.2 Å². The number of ether oxygens (including phenoxy) is 4. The number of aliphatic hydroxyl groups excluding tert-OH is 1. The van der Waals surface area contributed by atoms with Crippen molar-refractivity contribution in [3.05, 3.63) is 32.6 Å². The first-order chi connectivity index (χ1) is 15.9. The molecule has 2 unspecified atom stereocenters. The van der Waals surface area contributed by atoms with E-state index in [1.165, 1.54) is 10.8 Å². The van der Waals surface area contributed by atoms with Crippen LogP contribution in [0.3, 0.4) is 0 Å². The van der Waals surface area contributed by atoms with Crippen molar-refractivity contribution in [1.82, 2.24) is 9.13 Å². The van der Waals surface area contributed by atoms with Crippen LogP contribution in [0.2, 0.25) is 0 Å². The second-order valence-corrected chi connectivity index (χ2v) is 9.30. The molecule has 0 saturated carbocycles. The van der Waals surface area contributed by atoms with Gasteiger partial charge in [0.05, 0.1) is 12.7 Å². The Hall–Kier alpha value is -1.56. The van der Waals surface area contributed by atoms with Crippen LogP contribution in [0.4, 0.5) is 0 Å². The lowest BCUT2D eigenvalue weighted by atomic mass is 9.85. The Morgan fingerprint density at radius 1 is 1.15 bits per heavy atom. The SMILES string of the molecule is Cc1cn([C@H]2C[C@@](O)(C3CCCCO3)[C@@H](COC3CCCCO3)O2)c(=O)n(CCCO)c1=O. The quantitative estimate of drug-likeness (QED) is 0.576. The van der Waals surface area contributed by atoms with Gasteiger partial charge >= 0.3 is 5.69 Å². The average molecular weight is 469 g/mol. The average Bonchev–Trinajstić information content (AvgIpc) is 3.18. The van der Waals surface area contributed by atoms with Crippen LogP contribution in [0.15, 0.2) is 15.8 Å². The normalized spacial score (nSPS) is 32.8. The smallest absolute Gasteiger partial charge is 0.333 e. The van der Waals surface area contributed by atoms with E-state index in [0.29, 0.717) is 31.6 Å². The summed E-state index contributed by atoms with van der Waals surface area (Å²) < 4.78 is 26.3. The highest BCUT2D eigenvalue weighted by atomic mass is 16.7. The fourth-order valence-corrected chi connectivity index (χ4v) is 5.02. The van der Waals surface area contributed by atoms with E-state index in [0.717, 1.165) is 36.7 Å². The molecule has 3 aliphatic heterocycles. The Morgan fingerprint density at radius 2 is 1.91 bits per heavy atom.